The number of halogens is 2. The van der Waals surface area contributed by atoms with Crippen molar-refractivity contribution < 1.29 is 8.81 Å². The summed E-state index contributed by atoms with van der Waals surface area (Å²) in [7, 11) is 0. The molecule has 1 aliphatic heterocycles. The molecule has 2 aromatic rings. The quantitative estimate of drug-likeness (QED) is 0.747. The Balaban J connectivity index is 0.00000176. The minimum atomic E-state index is -0.302. The van der Waals surface area contributed by atoms with Gasteiger partial charge in [-0.2, -0.15) is 0 Å². The highest BCUT2D eigenvalue weighted by molar-refractivity contribution is 8.93. The van der Waals surface area contributed by atoms with E-state index in [1.807, 2.05) is 0 Å². The minimum Gasteiger partial charge on any atom is -0.465 e. The average molecular weight is 380 g/mol. The van der Waals surface area contributed by atoms with Crippen LogP contribution in [0.2, 0.25) is 0 Å². The number of thioether (sulfide) groups is 1. The van der Waals surface area contributed by atoms with Crippen molar-refractivity contribution in [3.05, 3.63) is 70.1 Å². The van der Waals surface area contributed by atoms with E-state index in [1.165, 1.54) is 23.9 Å². The van der Waals surface area contributed by atoms with Crippen LogP contribution < -0.4 is 0 Å². The lowest BCUT2D eigenvalue weighted by molar-refractivity contribution is 0.557. The first-order valence-corrected chi connectivity index (χ1v) is 6.99. The summed E-state index contributed by atoms with van der Waals surface area (Å²) in [6.45, 7) is 0. The molecule has 1 aliphatic rings. The van der Waals surface area contributed by atoms with Crippen LogP contribution in [-0.2, 0) is 0 Å². The summed E-state index contributed by atoms with van der Waals surface area (Å²) in [6.07, 6.45) is 3.30. The minimum absolute atomic E-state index is 0. The van der Waals surface area contributed by atoms with Gasteiger partial charge in [0.05, 0.1) is 16.9 Å². The molecule has 1 aromatic carbocycles. The number of azo groups is 1. The molecule has 4 nitrogen and oxygen atoms in total. The molecule has 1 N–H and O–H groups in total. The van der Waals surface area contributed by atoms with E-state index in [9.17, 15) is 4.39 Å². The van der Waals surface area contributed by atoms with Crippen LogP contribution in [0.4, 0.5) is 4.39 Å². The fraction of sp³-hybridized carbons (Fsp3) is 0. The number of furan rings is 1. The van der Waals surface area contributed by atoms with Crippen molar-refractivity contribution in [3.63, 3.8) is 0 Å². The van der Waals surface area contributed by atoms with Gasteiger partial charge in [0.1, 0.15) is 11.6 Å². The summed E-state index contributed by atoms with van der Waals surface area (Å²) in [5, 5.41) is 17.6. The molecule has 22 heavy (non-hydrogen) atoms. The highest BCUT2D eigenvalue weighted by Crippen LogP contribution is 2.31. The van der Waals surface area contributed by atoms with Crippen LogP contribution in [0.15, 0.2) is 67.6 Å². The number of hydrogen-bond donors (Lipinski definition) is 1. The first kappa shape index (κ1) is 16.4. The number of nitrogens with one attached hydrogen (secondary N) is 1. The van der Waals surface area contributed by atoms with Crippen molar-refractivity contribution in [2.45, 2.75) is 0 Å². The first-order chi connectivity index (χ1) is 10.2. The SMILES string of the molecule is Br.N=C1N=NC(c2ccc(F)cc2)=CSC1=Cc1ccco1. The number of rotatable bonds is 2. The number of nitrogens with zero attached hydrogens (tertiary/aromatic N) is 2. The Hall–Kier alpha value is -1.99. The average Bonchev–Trinajstić information content (AvgIpc) is 2.93. The molecule has 0 bridgehead atoms. The van der Waals surface area contributed by atoms with E-state index in [-0.39, 0.29) is 28.6 Å². The van der Waals surface area contributed by atoms with Gasteiger partial charge >= 0.3 is 0 Å². The monoisotopic (exact) mass is 379 g/mol. The summed E-state index contributed by atoms with van der Waals surface area (Å²) < 4.78 is 18.2. The van der Waals surface area contributed by atoms with Crippen LogP contribution in [0.1, 0.15) is 11.3 Å². The molecule has 0 fully saturated rings. The molecule has 0 atom stereocenters. The molecule has 2 heterocycles. The molecule has 0 amide bonds. The number of amidine groups is 1. The van der Waals surface area contributed by atoms with Crippen molar-refractivity contribution in [2.24, 2.45) is 10.2 Å². The van der Waals surface area contributed by atoms with Crippen molar-refractivity contribution in [2.75, 3.05) is 0 Å². The molecular weight excluding hydrogens is 369 g/mol. The smallest absolute Gasteiger partial charge is 0.181 e. The van der Waals surface area contributed by atoms with E-state index in [0.717, 1.165) is 5.56 Å². The fourth-order valence-electron chi connectivity index (χ4n) is 1.70. The fourth-order valence-corrected chi connectivity index (χ4v) is 2.46. The Morgan fingerprint density at radius 2 is 1.91 bits per heavy atom. The van der Waals surface area contributed by atoms with E-state index >= 15 is 0 Å². The molecule has 1 aromatic heterocycles. The van der Waals surface area contributed by atoms with Gasteiger partial charge in [0, 0.05) is 11.0 Å². The largest absolute Gasteiger partial charge is 0.465 e. The molecule has 0 saturated heterocycles. The zero-order valence-corrected chi connectivity index (χ0v) is 13.7. The molecule has 112 valence electrons. The van der Waals surface area contributed by atoms with Crippen molar-refractivity contribution in [1.82, 2.24) is 0 Å². The van der Waals surface area contributed by atoms with Gasteiger partial charge in [0.2, 0.25) is 0 Å². The zero-order valence-electron chi connectivity index (χ0n) is 11.2. The third-order valence-corrected chi connectivity index (χ3v) is 3.65. The van der Waals surface area contributed by atoms with Crippen molar-refractivity contribution >= 4 is 46.4 Å². The summed E-state index contributed by atoms with van der Waals surface area (Å²) in [5.41, 5.74) is 1.34. The number of hydrogen-bond acceptors (Lipinski definition) is 4. The van der Waals surface area contributed by atoms with Gasteiger partial charge in [0.15, 0.2) is 5.84 Å². The van der Waals surface area contributed by atoms with E-state index in [1.54, 1.807) is 42.0 Å². The first-order valence-electron chi connectivity index (χ1n) is 6.11. The second kappa shape index (κ2) is 7.33. The van der Waals surface area contributed by atoms with E-state index in [4.69, 9.17) is 9.83 Å². The molecule has 3 rings (SSSR count). The van der Waals surface area contributed by atoms with Gasteiger partial charge < -0.3 is 4.42 Å². The van der Waals surface area contributed by atoms with Gasteiger partial charge in [-0.05, 0) is 42.5 Å². The lowest BCUT2D eigenvalue weighted by atomic mass is 10.2. The topological polar surface area (TPSA) is 61.7 Å². The van der Waals surface area contributed by atoms with Gasteiger partial charge in [-0.15, -0.1) is 27.2 Å². The summed E-state index contributed by atoms with van der Waals surface area (Å²) >= 11 is 1.33. The Morgan fingerprint density at radius 3 is 2.59 bits per heavy atom. The number of benzene rings is 1. The van der Waals surface area contributed by atoms with Crippen LogP contribution in [-0.4, -0.2) is 5.84 Å². The Morgan fingerprint density at radius 1 is 1.14 bits per heavy atom. The van der Waals surface area contributed by atoms with Crippen LogP contribution in [0.25, 0.3) is 11.8 Å². The Labute approximate surface area is 141 Å². The summed E-state index contributed by atoms with van der Waals surface area (Å²) in [6, 6.07) is 9.57. The van der Waals surface area contributed by atoms with Crippen molar-refractivity contribution in [1.29, 1.82) is 5.41 Å². The maximum Gasteiger partial charge on any atom is 0.181 e. The van der Waals surface area contributed by atoms with Crippen LogP contribution in [0.5, 0.6) is 0 Å². The zero-order chi connectivity index (χ0) is 14.7. The lowest BCUT2D eigenvalue weighted by Crippen LogP contribution is -1.90. The van der Waals surface area contributed by atoms with Crippen LogP contribution in [0.3, 0.4) is 0 Å². The highest BCUT2D eigenvalue weighted by atomic mass is 79.9. The normalized spacial score (nSPS) is 16.1. The Kier molecular flexibility index (Phi) is 5.46. The predicted molar refractivity (Wildman–Crippen MR) is 91.6 cm³/mol. The van der Waals surface area contributed by atoms with Gasteiger partial charge in [-0.25, -0.2) is 4.39 Å². The summed E-state index contributed by atoms with van der Waals surface area (Å²) in [5.74, 6) is 0.407. The van der Waals surface area contributed by atoms with E-state index in [0.29, 0.717) is 16.4 Å². The maximum absolute atomic E-state index is 12.9. The predicted octanol–water partition coefficient (Wildman–Crippen LogP) is 5.51. The summed E-state index contributed by atoms with van der Waals surface area (Å²) in [4.78, 5) is 0.630. The molecule has 7 heteroatoms. The van der Waals surface area contributed by atoms with Gasteiger partial charge in [-0.1, -0.05) is 11.8 Å². The Bertz CT molecular complexity index is 752. The van der Waals surface area contributed by atoms with Crippen molar-refractivity contribution in [3.8, 4) is 0 Å². The molecular formula is C15H11BrFN3OS. The van der Waals surface area contributed by atoms with Gasteiger partial charge in [-0.3, -0.25) is 5.41 Å². The standard InChI is InChI=1S/C15H10FN3OS.BrH/c16-11-5-3-10(4-6-11)13-9-21-14(15(17)19-18-13)8-12-2-1-7-20-12;/h1-9,17H;1H. The molecule has 0 unspecified atom stereocenters. The molecule has 0 radical (unpaired) electrons. The van der Waals surface area contributed by atoms with Crippen LogP contribution in [0, 0.1) is 11.2 Å². The maximum atomic E-state index is 12.9. The third-order valence-electron chi connectivity index (χ3n) is 2.75. The van der Waals surface area contributed by atoms with E-state index < -0.39 is 0 Å². The lowest BCUT2D eigenvalue weighted by Gasteiger charge is -1.98. The highest BCUT2D eigenvalue weighted by Gasteiger charge is 2.12. The second-order valence-electron chi connectivity index (χ2n) is 4.20. The molecule has 0 saturated carbocycles. The van der Waals surface area contributed by atoms with Crippen LogP contribution >= 0.6 is 28.7 Å². The second-order valence-corrected chi connectivity index (χ2v) is 5.11. The third kappa shape index (κ3) is 3.80. The van der Waals surface area contributed by atoms with Gasteiger partial charge in [0.25, 0.3) is 0 Å². The van der Waals surface area contributed by atoms with E-state index in [2.05, 4.69) is 10.2 Å². The molecule has 0 aliphatic carbocycles. The molecule has 0 spiro atoms.